The Morgan fingerprint density at radius 2 is 2.12 bits per heavy atom. The van der Waals surface area contributed by atoms with Crippen molar-refractivity contribution in [2.75, 3.05) is 0 Å². The Hall–Kier alpha value is -1.95. The minimum atomic E-state index is -1.25. The van der Waals surface area contributed by atoms with Gasteiger partial charge in [-0.2, -0.15) is 0 Å². The van der Waals surface area contributed by atoms with Crippen LogP contribution < -0.4 is 0 Å². The second kappa shape index (κ2) is 4.71. The van der Waals surface area contributed by atoms with E-state index in [1.807, 2.05) is 0 Å². The lowest BCUT2D eigenvalue weighted by molar-refractivity contribution is -0.385. The molecule has 0 aliphatic heterocycles. The third-order valence-corrected chi connectivity index (χ3v) is 2.29. The highest BCUT2D eigenvalue weighted by Gasteiger charge is 2.23. The van der Waals surface area contributed by atoms with Crippen molar-refractivity contribution in [3.8, 4) is 0 Å². The molecular weight excluding hydrogens is 214 g/mol. The average Bonchev–Trinajstić information content (AvgIpc) is 2.27. The van der Waals surface area contributed by atoms with Crippen molar-refractivity contribution in [2.45, 2.75) is 13.0 Å². The number of nitro benzene ring substituents is 1. The number of aliphatic hydroxyl groups excluding tert-OH is 1. The summed E-state index contributed by atoms with van der Waals surface area (Å²) in [4.78, 5) is 20.5. The number of carbonyl (C=O) groups is 1. The zero-order valence-electron chi connectivity index (χ0n) is 8.53. The summed E-state index contributed by atoms with van der Waals surface area (Å²) in [6.45, 7) is 1.34. The van der Waals surface area contributed by atoms with Gasteiger partial charge in [-0.25, -0.2) is 0 Å². The lowest BCUT2D eigenvalue weighted by Gasteiger charge is -2.14. The molecular formula is C10H11NO5. The summed E-state index contributed by atoms with van der Waals surface area (Å²) in [5.74, 6) is -2.17. The standard InChI is InChI=1S/C10H11NO5/c1-6(10(13)14)9(12)7-3-2-4-8(5-7)11(15)16/h2-6,9,12H,1H3,(H,13,14)/t6-,9+/m0/s1. The number of carboxylic acid groups (broad SMARTS) is 1. The Kier molecular flexibility index (Phi) is 3.57. The van der Waals surface area contributed by atoms with E-state index < -0.39 is 22.9 Å². The molecule has 0 bridgehead atoms. The Labute approximate surface area is 91.3 Å². The van der Waals surface area contributed by atoms with Crippen LogP contribution in [0.2, 0.25) is 0 Å². The zero-order chi connectivity index (χ0) is 12.3. The summed E-state index contributed by atoms with van der Waals surface area (Å²) >= 11 is 0. The van der Waals surface area contributed by atoms with E-state index in [4.69, 9.17) is 5.11 Å². The fraction of sp³-hybridized carbons (Fsp3) is 0.300. The van der Waals surface area contributed by atoms with Crippen molar-refractivity contribution in [1.29, 1.82) is 0 Å². The number of aliphatic carboxylic acids is 1. The van der Waals surface area contributed by atoms with E-state index >= 15 is 0 Å². The maximum Gasteiger partial charge on any atom is 0.309 e. The molecule has 0 aromatic heterocycles. The maximum absolute atomic E-state index is 10.6. The largest absolute Gasteiger partial charge is 0.481 e. The molecule has 0 aliphatic carbocycles. The molecule has 1 aromatic rings. The van der Waals surface area contributed by atoms with Crippen LogP contribution in [0, 0.1) is 16.0 Å². The van der Waals surface area contributed by atoms with Crippen molar-refractivity contribution >= 4 is 11.7 Å². The summed E-state index contributed by atoms with van der Waals surface area (Å²) < 4.78 is 0. The van der Waals surface area contributed by atoms with Crippen LogP contribution in [-0.2, 0) is 4.79 Å². The minimum Gasteiger partial charge on any atom is -0.481 e. The molecule has 86 valence electrons. The number of hydrogen-bond acceptors (Lipinski definition) is 4. The fourth-order valence-corrected chi connectivity index (χ4v) is 1.25. The second-order valence-corrected chi connectivity index (χ2v) is 3.42. The van der Waals surface area contributed by atoms with E-state index in [9.17, 15) is 20.0 Å². The number of carboxylic acids is 1. The molecule has 1 aromatic carbocycles. The molecule has 0 unspecified atom stereocenters. The van der Waals surface area contributed by atoms with Gasteiger partial charge in [-0.3, -0.25) is 14.9 Å². The van der Waals surface area contributed by atoms with Gasteiger partial charge in [-0.15, -0.1) is 0 Å². The highest BCUT2D eigenvalue weighted by molar-refractivity contribution is 5.70. The molecule has 0 fully saturated rings. The van der Waals surface area contributed by atoms with Crippen LogP contribution in [0.3, 0.4) is 0 Å². The summed E-state index contributed by atoms with van der Waals surface area (Å²) in [5.41, 5.74) is 0.0539. The number of hydrogen-bond donors (Lipinski definition) is 2. The first kappa shape index (κ1) is 12.1. The SMILES string of the molecule is C[C@H](C(=O)O)[C@@H](O)c1cccc([N+](=O)[O-])c1. The molecule has 2 N–H and O–H groups in total. The van der Waals surface area contributed by atoms with E-state index in [0.29, 0.717) is 0 Å². The number of rotatable bonds is 4. The topological polar surface area (TPSA) is 101 Å². The molecule has 0 heterocycles. The average molecular weight is 225 g/mol. The third-order valence-electron chi connectivity index (χ3n) is 2.29. The first-order chi connectivity index (χ1) is 7.43. The van der Waals surface area contributed by atoms with Crippen molar-refractivity contribution in [2.24, 2.45) is 5.92 Å². The van der Waals surface area contributed by atoms with Gasteiger partial charge in [-0.1, -0.05) is 12.1 Å². The molecule has 1 rings (SSSR count). The van der Waals surface area contributed by atoms with Gasteiger partial charge in [0, 0.05) is 12.1 Å². The van der Waals surface area contributed by atoms with Crippen molar-refractivity contribution in [3.63, 3.8) is 0 Å². The summed E-state index contributed by atoms with van der Waals surface area (Å²) in [5, 5.41) is 28.8. The summed E-state index contributed by atoms with van der Waals surface area (Å²) in [7, 11) is 0. The Balaban J connectivity index is 3.00. The van der Waals surface area contributed by atoms with Crippen molar-refractivity contribution < 1.29 is 19.9 Å². The van der Waals surface area contributed by atoms with Gasteiger partial charge in [0.05, 0.1) is 16.9 Å². The van der Waals surface area contributed by atoms with Gasteiger partial charge in [0.1, 0.15) is 0 Å². The highest BCUT2D eigenvalue weighted by Crippen LogP contribution is 2.24. The van der Waals surface area contributed by atoms with Crippen LogP contribution in [0.25, 0.3) is 0 Å². The third kappa shape index (κ3) is 2.54. The Bertz CT molecular complexity index is 417. The predicted octanol–water partition coefficient (Wildman–Crippen LogP) is 1.35. The minimum absolute atomic E-state index is 0.172. The molecule has 6 heteroatoms. The van der Waals surface area contributed by atoms with Gasteiger partial charge < -0.3 is 10.2 Å². The lowest BCUT2D eigenvalue weighted by Crippen LogP contribution is -2.18. The smallest absolute Gasteiger partial charge is 0.309 e. The molecule has 2 atom stereocenters. The highest BCUT2D eigenvalue weighted by atomic mass is 16.6. The number of non-ortho nitro benzene ring substituents is 1. The van der Waals surface area contributed by atoms with E-state index in [1.165, 1.54) is 31.2 Å². The Morgan fingerprint density at radius 1 is 1.50 bits per heavy atom. The maximum atomic E-state index is 10.6. The van der Waals surface area contributed by atoms with E-state index in [0.717, 1.165) is 0 Å². The number of benzene rings is 1. The van der Waals surface area contributed by atoms with Crippen molar-refractivity contribution in [1.82, 2.24) is 0 Å². The molecule has 6 nitrogen and oxygen atoms in total. The summed E-state index contributed by atoms with van der Waals surface area (Å²) in [6.07, 6.45) is -1.25. The van der Waals surface area contributed by atoms with Gasteiger partial charge in [-0.05, 0) is 12.5 Å². The molecule has 0 saturated carbocycles. The second-order valence-electron chi connectivity index (χ2n) is 3.42. The first-order valence-corrected chi connectivity index (χ1v) is 4.58. The van der Waals surface area contributed by atoms with Gasteiger partial charge in [0.25, 0.3) is 5.69 Å². The zero-order valence-corrected chi connectivity index (χ0v) is 8.53. The number of nitro groups is 1. The normalized spacial score (nSPS) is 14.1. The van der Waals surface area contributed by atoms with Gasteiger partial charge in [0.15, 0.2) is 0 Å². The van der Waals surface area contributed by atoms with Crippen LogP contribution in [-0.4, -0.2) is 21.1 Å². The van der Waals surface area contributed by atoms with E-state index in [1.54, 1.807) is 0 Å². The van der Waals surface area contributed by atoms with Gasteiger partial charge in [0.2, 0.25) is 0 Å². The number of nitrogens with zero attached hydrogens (tertiary/aromatic N) is 1. The molecule has 0 spiro atoms. The molecule has 0 saturated heterocycles. The van der Waals surface area contributed by atoms with Crippen LogP contribution in [0.4, 0.5) is 5.69 Å². The molecule has 0 amide bonds. The lowest BCUT2D eigenvalue weighted by atomic mass is 9.97. The summed E-state index contributed by atoms with van der Waals surface area (Å²) in [6, 6.07) is 5.31. The monoisotopic (exact) mass is 225 g/mol. The van der Waals surface area contributed by atoms with Crippen LogP contribution in [0.1, 0.15) is 18.6 Å². The van der Waals surface area contributed by atoms with Gasteiger partial charge >= 0.3 is 5.97 Å². The molecule has 16 heavy (non-hydrogen) atoms. The van der Waals surface area contributed by atoms with E-state index in [-0.39, 0.29) is 11.3 Å². The van der Waals surface area contributed by atoms with Crippen LogP contribution in [0.5, 0.6) is 0 Å². The molecule has 0 aliphatic rings. The fourth-order valence-electron chi connectivity index (χ4n) is 1.25. The van der Waals surface area contributed by atoms with E-state index in [2.05, 4.69) is 0 Å². The quantitative estimate of drug-likeness (QED) is 0.595. The predicted molar refractivity (Wildman–Crippen MR) is 54.9 cm³/mol. The Morgan fingerprint density at radius 3 is 2.62 bits per heavy atom. The van der Waals surface area contributed by atoms with Crippen LogP contribution in [0.15, 0.2) is 24.3 Å². The van der Waals surface area contributed by atoms with Crippen LogP contribution >= 0.6 is 0 Å². The van der Waals surface area contributed by atoms with Crippen molar-refractivity contribution in [3.05, 3.63) is 39.9 Å². The molecule has 0 radical (unpaired) electrons. The first-order valence-electron chi connectivity index (χ1n) is 4.58. The number of aliphatic hydroxyl groups is 1.